The first-order valence-electron chi connectivity index (χ1n) is 7.37. The van der Waals surface area contributed by atoms with Crippen molar-refractivity contribution in [3.8, 4) is 5.75 Å². The standard InChI is InChI=1S/C17H19N3O2.ClH/c1-22-16-5-3-2-4-15(16)19-10-12-20(13-11-19)17(21)14-6-8-18-9-7-14;/h2-9H,10-13H2,1H3;1H. The summed E-state index contributed by atoms with van der Waals surface area (Å²) < 4.78 is 5.41. The van der Waals surface area contributed by atoms with Gasteiger partial charge in [0.15, 0.2) is 0 Å². The topological polar surface area (TPSA) is 45.7 Å². The van der Waals surface area contributed by atoms with Gasteiger partial charge in [-0.05, 0) is 24.3 Å². The Morgan fingerprint density at radius 2 is 1.70 bits per heavy atom. The number of halogens is 1. The average Bonchev–Trinajstić information content (AvgIpc) is 2.62. The van der Waals surface area contributed by atoms with Crippen molar-refractivity contribution in [3.05, 3.63) is 54.4 Å². The maximum Gasteiger partial charge on any atom is 0.254 e. The molecule has 0 saturated carbocycles. The molecule has 1 aromatic heterocycles. The minimum Gasteiger partial charge on any atom is -0.495 e. The molecule has 0 unspecified atom stereocenters. The van der Waals surface area contributed by atoms with Gasteiger partial charge in [-0.25, -0.2) is 0 Å². The Morgan fingerprint density at radius 1 is 1.04 bits per heavy atom. The summed E-state index contributed by atoms with van der Waals surface area (Å²) >= 11 is 0. The van der Waals surface area contributed by atoms with E-state index in [4.69, 9.17) is 4.74 Å². The second-order valence-electron chi connectivity index (χ2n) is 5.19. The Bertz CT molecular complexity index is 643. The van der Waals surface area contributed by atoms with Crippen LogP contribution < -0.4 is 9.64 Å². The Kier molecular flexibility index (Phi) is 5.82. The molecule has 0 aliphatic carbocycles. The zero-order valence-corrected chi connectivity index (χ0v) is 13.8. The zero-order chi connectivity index (χ0) is 15.4. The molecule has 23 heavy (non-hydrogen) atoms. The van der Waals surface area contributed by atoms with Gasteiger partial charge in [0.25, 0.3) is 5.91 Å². The van der Waals surface area contributed by atoms with Gasteiger partial charge in [-0.3, -0.25) is 9.78 Å². The van der Waals surface area contributed by atoms with Crippen molar-refractivity contribution < 1.29 is 9.53 Å². The molecular weight excluding hydrogens is 314 g/mol. The molecule has 6 heteroatoms. The molecule has 0 N–H and O–H groups in total. The van der Waals surface area contributed by atoms with Gasteiger partial charge < -0.3 is 14.5 Å². The first-order chi connectivity index (χ1) is 10.8. The number of methoxy groups -OCH3 is 1. The molecule has 1 aromatic carbocycles. The second kappa shape index (κ2) is 7.83. The van der Waals surface area contributed by atoms with E-state index in [-0.39, 0.29) is 18.3 Å². The zero-order valence-electron chi connectivity index (χ0n) is 13.0. The summed E-state index contributed by atoms with van der Waals surface area (Å²) in [6.07, 6.45) is 3.30. The van der Waals surface area contributed by atoms with E-state index in [2.05, 4.69) is 16.0 Å². The number of para-hydroxylation sites is 2. The minimum atomic E-state index is 0. The van der Waals surface area contributed by atoms with E-state index in [0.717, 1.165) is 24.5 Å². The number of benzene rings is 1. The lowest BCUT2D eigenvalue weighted by Gasteiger charge is -2.36. The Labute approximate surface area is 142 Å². The molecule has 3 rings (SSSR count). The molecule has 1 amide bonds. The maximum absolute atomic E-state index is 12.4. The van der Waals surface area contributed by atoms with Gasteiger partial charge in [0.05, 0.1) is 12.8 Å². The van der Waals surface area contributed by atoms with Crippen molar-refractivity contribution in [3.63, 3.8) is 0 Å². The fourth-order valence-electron chi connectivity index (χ4n) is 2.72. The molecule has 0 radical (unpaired) electrons. The quantitative estimate of drug-likeness (QED) is 0.865. The molecule has 0 atom stereocenters. The molecule has 122 valence electrons. The number of aromatic nitrogens is 1. The van der Waals surface area contributed by atoms with E-state index < -0.39 is 0 Å². The number of hydrogen-bond donors (Lipinski definition) is 0. The number of nitrogens with zero attached hydrogens (tertiary/aromatic N) is 3. The Balaban J connectivity index is 0.00000192. The lowest BCUT2D eigenvalue weighted by molar-refractivity contribution is 0.0746. The van der Waals surface area contributed by atoms with Crippen LogP contribution in [0.3, 0.4) is 0 Å². The lowest BCUT2D eigenvalue weighted by Crippen LogP contribution is -2.48. The number of piperazine rings is 1. The van der Waals surface area contributed by atoms with Crippen LogP contribution in [0.2, 0.25) is 0 Å². The van der Waals surface area contributed by atoms with Gasteiger partial charge >= 0.3 is 0 Å². The highest BCUT2D eigenvalue weighted by Crippen LogP contribution is 2.28. The van der Waals surface area contributed by atoms with E-state index >= 15 is 0 Å². The second-order valence-corrected chi connectivity index (χ2v) is 5.19. The van der Waals surface area contributed by atoms with Crippen LogP contribution in [0.5, 0.6) is 5.75 Å². The normalized spacial score (nSPS) is 14.1. The average molecular weight is 334 g/mol. The molecule has 0 bridgehead atoms. The molecular formula is C17H20ClN3O2. The summed E-state index contributed by atoms with van der Waals surface area (Å²) in [5, 5.41) is 0. The summed E-state index contributed by atoms with van der Waals surface area (Å²) in [5.41, 5.74) is 1.78. The number of pyridine rings is 1. The molecule has 0 spiro atoms. The highest BCUT2D eigenvalue weighted by molar-refractivity contribution is 5.94. The van der Waals surface area contributed by atoms with E-state index in [0.29, 0.717) is 18.7 Å². The Morgan fingerprint density at radius 3 is 2.35 bits per heavy atom. The van der Waals surface area contributed by atoms with Crippen molar-refractivity contribution in [2.75, 3.05) is 38.2 Å². The smallest absolute Gasteiger partial charge is 0.254 e. The van der Waals surface area contributed by atoms with Gasteiger partial charge in [-0.15, -0.1) is 12.4 Å². The van der Waals surface area contributed by atoms with E-state index in [9.17, 15) is 4.79 Å². The van der Waals surface area contributed by atoms with Crippen LogP contribution in [0.1, 0.15) is 10.4 Å². The van der Waals surface area contributed by atoms with Crippen LogP contribution in [0.25, 0.3) is 0 Å². The van der Waals surface area contributed by atoms with E-state index in [1.807, 2.05) is 23.1 Å². The molecule has 1 fully saturated rings. The maximum atomic E-state index is 12.4. The summed E-state index contributed by atoms with van der Waals surface area (Å²) in [5.74, 6) is 0.943. The van der Waals surface area contributed by atoms with Gasteiger partial charge in [0.1, 0.15) is 5.75 Å². The van der Waals surface area contributed by atoms with E-state index in [1.165, 1.54) is 0 Å². The number of carbonyl (C=O) groups excluding carboxylic acids is 1. The van der Waals surface area contributed by atoms with Crippen LogP contribution in [0.4, 0.5) is 5.69 Å². The fraction of sp³-hybridized carbons (Fsp3) is 0.294. The summed E-state index contributed by atoms with van der Waals surface area (Å²) in [7, 11) is 1.68. The third kappa shape index (κ3) is 3.74. The van der Waals surface area contributed by atoms with Crippen LogP contribution in [-0.2, 0) is 0 Å². The number of amides is 1. The van der Waals surface area contributed by atoms with Crippen LogP contribution in [-0.4, -0.2) is 49.1 Å². The van der Waals surface area contributed by atoms with Crippen molar-refractivity contribution in [2.24, 2.45) is 0 Å². The largest absolute Gasteiger partial charge is 0.495 e. The lowest BCUT2D eigenvalue weighted by atomic mass is 10.2. The first-order valence-corrected chi connectivity index (χ1v) is 7.37. The van der Waals surface area contributed by atoms with Crippen LogP contribution >= 0.6 is 12.4 Å². The molecule has 5 nitrogen and oxygen atoms in total. The molecule has 2 aromatic rings. The summed E-state index contributed by atoms with van der Waals surface area (Å²) in [6, 6.07) is 11.5. The number of anilines is 1. The van der Waals surface area contributed by atoms with Crippen molar-refractivity contribution in [1.29, 1.82) is 0 Å². The third-order valence-corrected chi connectivity index (χ3v) is 3.92. The monoisotopic (exact) mass is 333 g/mol. The number of ether oxygens (including phenoxy) is 1. The van der Waals surface area contributed by atoms with Crippen molar-refractivity contribution in [2.45, 2.75) is 0 Å². The van der Waals surface area contributed by atoms with Gasteiger partial charge in [-0.2, -0.15) is 0 Å². The summed E-state index contributed by atoms with van der Waals surface area (Å²) in [4.78, 5) is 20.5. The summed E-state index contributed by atoms with van der Waals surface area (Å²) in [6.45, 7) is 3.02. The molecule has 1 saturated heterocycles. The Hall–Kier alpha value is -2.27. The highest BCUT2D eigenvalue weighted by Gasteiger charge is 2.23. The number of hydrogen-bond acceptors (Lipinski definition) is 4. The van der Waals surface area contributed by atoms with E-state index in [1.54, 1.807) is 31.6 Å². The predicted molar refractivity (Wildman–Crippen MR) is 92.6 cm³/mol. The van der Waals surface area contributed by atoms with Gasteiger partial charge in [0.2, 0.25) is 0 Å². The molecule has 2 heterocycles. The van der Waals surface area contributed by atoms with Crippen LogP contribution in [0, 0.1) is 0 Å². The SMILES string of the molecule is COc1ccccc1N1CCN(C(=O)c2ccncc2)CC1.Cl. The minimum absolute atomic E-state index is 0. The third-order valence-electron chi connectivity index (χ3n) is 3.92. The number of rotatable bonds is 3. The number of carbonyl (C=O) groups is 1. The van der Waals surface area contributed by atoms with Gasteiger partial charge in [0, 0.05) is 44.1 Å². The predicted octanol–water partition coefficient (Wildman–Crippen LogP) is 2.47. The first kappa shape index (κ1) is 17.1. The van der Waals surface area contributed by atoms with Crippen LogP contribution in [0.15, 0.2) is 48.8 Å². The molecule has 1 aliphatic heterocycles. The van der Waals surface area contributed by atoms with Crippen molar-refractivity contribution >= 4 is 24.0 Å². The highest BCUT2D eigenvalue weighted by atomic mass is 35.5. The van der Waals surface area contributed by atoms with Gasteiger partial charge in [-0.1, -0.05) is 12.1 Å². The molecule has 1 aliphatic rings. The van der Waals surface area contributed by atoms with Crippen molar-refractivity contribution in [1.82, 2.24) is 9.88 Å². The fourth-order valence-corrected chi connectivity index (χ4v) is 2.72.